The minimum atomic E-state index is -4.61. The monoisotopic (exact) mass is 493 g/mol. The second kappa shape index (κ2) is 10.7. The van der Waals surface area contributed by atoms with Gasteiger partial charge in [0.1, 0.15) is 11.5 Å². The van der Waals surface area contributed by atoms with Gasteiger partial charge in [0.15, 0.2) is 0 Å². The van der Waals surface area contributed by atoms with E-state index in [-0.39, 0.29) is 30.4 Å². The van der Waals surface area contributed by atoms with Gasteiger partial charge in [0, 0.05) is 37.6 Å². The van der Waals surface area contributed by atoms with Crippen LogP contribution in [0.1, 0.15) is 35.7 Å². The number of hydrogen-bond acceptors (Lipinski definition) is 5. The van der Waals surface area contributed by atoms with Crippen molar-refractivity contribution in [2.75, 3.05) is 37.9 Å². The van der Waals surface area contributed by atoms with E-state index in [1.807, 2.05) is 0 Å². The molecule has 3 rings (SSSR count). The molecular weight excluding hydrogens is 467 g/mol. The third-order valence-electron chi connectivity index (χ3n) is 5.67. The van der Waals surface area contributed by atoms with Gasteiger partial charge >= 0.3 is 6.18 Å². The van der Waals surface area contributed by atoms with Crippen molar-refractivity contribution in [3.63, 3.8) is 0 Å². The third-order valence-corrected chi connectivity index (χ3v) is 5.67. The van der Waals surface area contributed by atoms with Crippen LogP contribution in [0.25, 0.3) is 0 Å². The maximum absolute atomic E-state index is 13.2. The zero-order chi connectivity index (χ0) is 25.8. The van der Waals surface area contributed by atoms with Crippen LogP contribution >= 0.6 is 0 Å². The van der Waals surface area contributed by atoms with Gasteiger partial charge in [-0.05, 0) is 43.2 Å². The Kier molecular flexibility index (Phi) is 7.88. The van der Waals surface area contributed by atoms with E-state index in [9.17, 15) is 27.6 Å². The smallest absolute Gasteiger partial charge is 0.416 e. The minimum absolute atomic E-state index is 0.0680. The van der Waals surface area contributed by atoms with Crippen molar-refractivity contribution in [2.24, 2.45) is 5.92 Å². The van der Waals surface area contributed by atoms with E-state index in [4.69, 9.17) is 9.47 Å². The van der Waals surface area contributed by atoms with Gasteiger partial charge in [0.25, 0.3) is 5.91 Å². The van der Waals surface area contributed by atoms with Crippen LogP contribution in [0.15, 0.2) is 36.4 Å². The van der Waals surface area contributed by atoms with Gasteiger partial charge in [-0.25, -0.2) is 0 Å². The number of methoxy groups -OCH3 is 2. The maximum Gasteiger partial charge on any atom is 0.416 e. The molecule has 1 saturated heterocycles. The van der Waals surface area contributed by atoms with Crippen LogP contribution in [0.3, 0.4) is 0 Å². The molecule has 3 amide bonds. The van der Waals surface area contributed by atoms with Crippen LogP contribution in [-0.2, 0) is 15.8 Å². The molecule has 2 N–H and O–H groups in total. The molecule has 2 aromatic rings. The van der Waals surface area contributed by atoms with Crippen LogP contribution in [0, 0.1) is 5.92 Å². The Morgan fingerprint density at radius 2 is 1.51 bits per heavy atom. The lowest BCUT2D eigenvalue weighted by Crippen LogP contribution is -2.41. The molecule has 1 heterocycles. The van der Waals surface area contributed by atoms with Crippen molar-refractivity contribution in [1.29, 1.82) is 0 Å². The number of benzene rings is 2. The molecule has 188 valence electrons. The van der Waals surface area contributed by atoms with Gasteiger partial charge in [-0.3, -0.25) is 14.4 Å². The predicted molar refractivity (Wildman–Crippen MR) is 123 cm³/mol. The lowest BCUT2D eigenvalue weighted by atomic mass is 9.95. The first-order valence-electron chi connectivity index (χ1n) is 10.8. The summed E-state index contributed by atoms with van der Waals surface area (Å²) in [5.74, 6) is -0.783. The summed E-state index contributed by atoms with van der Waals surface area (Å²) >= 11 is 0. The highest BCUT2D eigenvalue weighted by atomic mass is 19.4. The number of carbonyl (C=O) groups excluding carboxylic acids is 3. The van der Waals surface area contributed by atoms with E-state index in [0.29, 0.717) is 29.9 Å². The van der Waals surface area contributed by atoms with Crippen molar-refractivity contribution in [1.82, 2.24) is 4.90 Å². The Balaban J connectivity index is 1.69. The van der Waals surface area contributed by atoms with Crippen LogP contribution in [0.5, 0.6) is 11.5 Å². The maximum atomic E-state index is 13.2. The number of nitrogens with zero attached hydrogens (tertiary/aromatic N) is 1. The summed E-state index contributed by atoms with van der Waals surface area (Å²) in [6, 6.07) is 7.57. The Bertz CT molecular complexity index is 1090. The fourth-order valence-corrected chi connectivity index (χ4v) is 3.82. The molecule has 0 spiro atoms. The Hall–Kier alpha value is -3.76. The average molecular weight is 493 g/mol. The number of ether oxygens (including phenoxy) is 2. The first kappa shape index (κ1) is 25.9. The summed E-state index contributed by atoms with van der Waals surface area (Å²) in [4.78, 5) is 38.8. The highest BCUT2D eigenvalue weighted by molar-refractivity contribution is 6.00. The van der Waals surface area contributed by atoms with Crippen molar-refractivity contribution >= 4 is 29.1 Å². The van der Waals surface area contributed by atoms with Crippen molar-refractivity contribution in [3.8, 4) is 11.5 Å². The number of halogens is 3. The first-order valence-corrected chi connectivity index (χ1v) is 10.8. The molecule has 35 heavy (non-hydrogen) atoms. The number of amides is 3. The summed E-state index contributed by atoms with van der Waals surface area (Å²) in [5.41, 5.74) is -0.635. The number of anilines is 2. The molecule has 1 fully saturated rings. The number of piperidine rings is 1. The van der Waals surface area contributed by atoms with Gasteiger partial charge in [0.05, 0.1) is 31.2 Å². The van der Waals surface area contributed by atoms with Crippen LogP contribution in [0.2, 0.25) is 0 Å². The predicted octanol–water partition coefficient (Wildman–Crippen LogP) is 4.17. The Morgan fingerprint density at radius 3 is 2.03 bits per heavy atom. The summed E-state index contributed by atoms with van der Waals surface area (Å²) < 4.78 is 49.9. The van der Waals surface area contributed by atoms with Gasteiger partial charge < -0.3 is 25.0 Å². The molecule has 11 heteroatoms. The standard InChI is InChI=1S/C24H26F3N3O5/c1-14(31)28-20-5-4-17(24(25,26)27)12-21(20)29-22(32)15-6-8-30(9-7-15)23(33)16-10-18(34-2)13-19(11-16)35-3/h4-5,10-13,15H,6-9H2,1-3H3,(H,28,31)(H,29,32). The largest absolute Gasteiger partial charge is 0.497 e. The van der Waals surface area contributed by atoms with Crippen LogP contribution < -0.4 is 20.1 Å². The molecule has 0 saturated carbocycles. The summed E-state index contributed by atoms with van der Waals surface area (Å²) in [5, 5.41) is 4.94. The number of likely N-dealkylation sites (tertiary alicyclic amines) is 1. The number of hydrogen-bond donors (Lipinski definition) is 2. The molecule has 1 aliphatic rings. The first-order chi connectivity index (χ1) is 16.5. The molecule has 0 atom stereocenters. The molecule has 1 aliphatic heterocycles. The zero-order valence-electron chi connectivity index (χ0n) is 19.5. The lowest BCUT2D eigenvalue weighted by molar-refractivity contribution is -0.137. The van der Waals surface area contributed by atoms with Gasteiger partial charge in [-0.1, -0.05) is 0 Å². The van der Waals surface area contributed by atoms with Crippen LogP contribution in [0.4, 0.5) is 24.5 Å². The fourth-order valence-electron chi connectivity index (χ4n) is 3.82. The molecule has 0 bridgehead atoms. The number of nitrogens with one attached hydrogen (secondary N) is 2. The highest BCUT2D eigenvalue weighted by Gasteiger charge is 2.32. The Morgan fingerprint density at radius 1 is 0.914 bits per heavy atom. The molecule has 2 aromatic carbocycles. The van der Waals surface area contributed by atoms with E-state index < -0.39 is 29.5 Å². The van der Waals surface area contributed by atoms with Gasteiger partial charge in [-0.2, -0.15) is 13.2 Å². The number of carbonyl (C=O) groups is 3. The zero-order valence-corrected chi connectivity index (χ0v) is 19.5. The summed E-state index contributed by atoms with van der Waals surface area (Å²) in [7, 11) is 2.96. The average Bonchev–Trinajstić information content (AvgIpc) is 2.83. The van der Waals surface area contributed by atoms with Crippen molar-refractivity contribution in [3.05, 3.63) is 47.5 Å². The summed E-state index contributed by atoms with van der Waals surface area (Å²) in [6.45, 7) is 1.79. The normalized spacial score (nSPS) is 14.3. The highest BCUT2D eigenvalue weighted by Crippen LogP contribution is 2.35. The number of rotatable bonds is 6. The van der Waals surface area contributed by atoms with E-state index in [1.165, 1.54) is 21.1 Å². The lowest BCUT2D eigenvalue weighted by Gasteiger charge is -2.31. The summed E-state index contributed by atoms with van der Waals surface area (Å²) in [6.07, 6.45) is -3.96. The molecule has 0 aromatic heterocycles. The molecule has 8 nitrogen and oxygen atoms in total. The molecule has 0 aliphatic carbocycles. The minimum Gasteiger partial charge on any atom is -0.497 e. The van der Waals surface area contributed by atoms with E-state index >= 15 is 0 Å². The van der Waals surface area contributed by atoms with Gasteiger partial charge in [-0.15, -0.1) is 0 Å². The quantitative estimate of drug-likeness (QED) is 0.630. The SMILES string of the molecule is COc1cc(OC)cc(C(=O)N2CCC(C(=O)Nc3cc(C(F)(F)F)ccc3NC(C)=O)CC2)c1. The fraction of sp³-hybridized carbons (Fsp3) is 0.375. The second-order valence-corrected chi connectivity index (χ2v) is 8.10. The Labute approximate surface area is 200 Å². The molecular formula is C24H26F3N3O5. The molecule has 0 unspecified atom stereocenters. The van der Waals surface area contributed by atoms with E-state index in [1.54, 1.807) is 23.1 Å². The van der Waals surface area contributed by atoms with Crippen LogP contribution in [-0.4, -0.2) is 49.9 Å². The number of alkyl halides is 3. The van der Waals surface area contributed by atoms with E-state index in [0.717, 1.165) is 18.2 Å². The van der Waals surface area contributed by atoms with Crippen molar-refractivity contribution < 1.29 is 37.0 Å². The van der Waals surface area contributed by atoms with Crippen molar-refractivity contribution in [2.45, 2.75) is 25.9 Å². The molecule has 0 radical (unpaired) electrons. The third kappa shape index (κ3) is 6.43. The second-order valence-electron chi connectivity index (χ2n) is 8.10. The van der Waals surface area contributed by atoms with Gasteiger partial charge in [0.2, 0.25) is 11.8 Å². The topological polar surface area (TPSA) is 97.0 Å². The van der Waals surface area contributed by atoms with E-state index in [2.05, 4.69) is 10.6 Å².